The molecule has 92 valence electrons. The topological polar surface area (TPSA) is 54.0 Å². The van der Waals surface area contributed by atoms with Crippen LogP contribution in [0.3, 0.4) is 0 Å². The fourth-order valence-corrected chi connectivity index (χ4v) is 2.04. The lowest BCUT2D eigenvalue weighted by Gasteiger charge is -1.96. The second kappa shape index (κ2) is 4.91. The van der Waals surface area contributed by atoms with Crippen LogP contribution in [0.25, 0.3) is 5.65 Å². The molecule has 0 amide bonds. The first kappa shape index (κ1) is 11.4. The summed E-state index contributed by atoms with van der Waals surface area (Å²) in [6.07, 6.45) is 3.49. The lowest BCUT2D eigenvalue weighted by atomic mass is 10.1. The molecule has 19 heavy (non-hydrogen) atoms. The second-order valence-corrected chi connectivity index (χ2v) is 4.32. The molecule has 2 aromatic heterocycles. The standard InChI is InChI=1S/C15H12N4/c16-11-13-7-4-10-19-15(13)17-14(18-19)9-8-12-5-2-1-3-6-12/h1-7,10H,8-9H2. The van der Waals surface area contributed by atoms with Crippen molar-refractivity contribution in [1.29, 1.82) is 5.26 Å². The van der Waals surface area contributed by atoms with E-state index in [9.17, 15) is 0 Å². The Kier molecular flexibility index (Phi) is 2.95. The van der Waals surface area contributed by atoms with Gasteiger partial charge in [0.05, 0.1) is 5.56 Å². The van der Waals surface area contributed by atoms with Crippen molar-refractivity contribution < 1.29 is 0 Å². The first-order valence-corrected chi connectivity index (χ1v) is 6.15. The van der Waals surface area contributed by atoms with Gasteiger partial charge in [-0.15, -0.1) is 0 Å². The molecule has 2 heterocycles. The molecule has 0 atom stereocenters. The fourth-order valence-electron chi connectivity index (χ4n) is 2.04. The summed E-state index contributed by atoms with van der Waals surface area (Å²) in [5, 5.41) is 13.4. The minimum atomic E-state index is 0.556. The van der Waals surface area contributed by atoms with Crippen molar-refractivity contribution >= 4 is 5.65 Å². The minimum Gasteiger partial charge on any atom is -0.220 e. The Morgan fingerprint density at radius 2 is 1.89 bits per heavy atom. The molecule has 0 radical (unpaired) electrons. The van der Waals surface area contributed by atoms with E-state index in [4.69, 9.17) is 5.26 Å². The van der Waals surface area contributed by atoms with Gasteiger partial charge in [-0.3, -0.25) is 0 Å². The molecule has 0 N–H and O–H groups in total. The van der Waals surface area contributed by atoms with Crippen molar-refractivity contribution in [2.45, 2.75) is 12.8 Å². The van der Waals surface area contributed by atoms with Gasteiger partial charge in [0.1, 0.15) is 6.07 Å². The zero-order chi connectivity index (χ0) is 13.1. The summed E-state index contributed by atoms with van der Waals surface area (Å²) in [7, 11) is 0. The summed E-state index contributed by atoms with van der Waals surface area (Å²) >= 11 is 0. The molecule has 3 rings (SSSR count). The predicted octanol–water partition coefficient (Wildman–Crippen LogP) is 2.39. The van der Waals surface area contributed by atoms with Crippen molar-refractivity contribution in [2.75, 3.05) is 0 Å². The molecule has 3 aromatic rings. The number of rotatable bonds is 3. The van der Waals surface area contributed by atoms with Gasteiger partial charge >= 0.3 is 0 Å². The molecular formula is C15H12N4. The third kappa shape index (κ3) is 2.31. The van der Waals surface area contributed by atoms with Gasteiger partial charge in [0.15, 0.2) is 11.5 Å². The summed E-state index contributed by atoms with van der Waals surface area (Å²) in [6, 6.07) is 15.9. The van der Waals surface area contributed by atoms with Gasteiger partial charge in [-0.1, -0.05) is 30.3 Å². The quantitative estimate of drug-likeness (QED) is 0.715. The van der Waals surface area contributed by atoms with Gasteiger partial charge in [-0.2, -0.15) is 10.4 Å². The summed E-state index contributed by atoms with van der Waals surface area (Å²) in [5.74, 6) is 0.770. The van der Waals surface area contributed by atoms with E-state index in [-0.39, 0.29) is 0 Å². The second-order valence-electron chi connectivity index (χ2n) is 4.32. The van der Waals surface area contributed by atoms with Crippen LogP contribution in [0.15, 0.2) is 48.7 Å². The van der Waals surface area contributed by atoms with Crippen LogP contribution in [0.4, 0.5) is 0 Å². The average molecular weight is 248 g/mol. The van der Waals surface area contributed by atoms with Gasteiger partial charge in [0.2, 0.25) is 0 Å². The fraction of sp³-hybridized carbons (Fsp3) is 0.133. The number of nitrogens with zero attached hydrogens (tertiary/aromatic N) is 4. The Hall–Kier alpha value is -2.67. The van der Waals surface area contributed by atoms with Crippen LogP contribution in [0.5, 0.6) is 0 Å². The van der Waals surface area contributed by atoms with Crippen LogP contribution in [0, 0.1) is 11.3 Å². The number of hydrogen-bond acceptors (Lipinski definition) is 3. The zero-order valence-electron chi connectivity index (χ0n) is 10.3. The van der Waals surface area contributed by atoms with Gasteiger partial charge in [0.25, 0.3) is 0 Å². The highest BCUT2D eigenvalue weighted by molar-refractivity contribution is 5.54. The van der Waals surface area contributed by atoms with Crippen LogP contribution in [0.1, 0.15) is 17.0 Å². The van der Waals surface area contributed by atoms with Gasteiger partial charge < -0.3 is 0 Å². The molecular weight excluding hydrogens is 236 g/mol. The van der Waals surface area contributed by atoms with Crippen molar-refractivity contribution in [3.8, 4) is 6.07 Å². The number of benzene rings is 1. The van der Waals surface area contributed by atoms with Gasteiger partial charge in [-0.25, -0.2) is 9.50 Å². The average Bonchev–Trinajstić information content (AvgIpc) is 2.89. The molecule has 1 aromatic carbocycles. The molecule has 0 fully saturated rings. The van der Waals surface area contributed by atoms with E-state index in [0.29, 0.717) is 11.2 Å². The number of aromatic nitrogens is 3. The van der Waals surface area contributed by atoms with Crippen LogP contribution < -0.4 is 0 Å². The van der Waals surface area contributed by atoms with E-state index >= 15 is 0 Å². The van der Waals surface area contributed by atoms with E-state index in [0.717, 1.165) is 18.7 Å². The third-order valence-corrected chi connectivity index (χ3v) is 3.01. The molecule has 0 unspecified atom stereocenters. The van der Waals surface area contributed by atoms with Gasteiger partial charge in [0, 0.05) is 12.6 Å². The number of aryl methyl sites for hydroxylation is 2. The summed E-state index contributed by atoms with van der Waals surface area (Å²) in [6.45, 7) is 0. The minimum absolute atomic E-state index is 0.556. The summed E-state index contributed by atoms with van der Waals surface area (Å²) in [4.78, 5) is 4.43. The molecule has 4 heteroatoms. The molecule has 0 saturated carbocycles. The molecule has 0 saturated heterocycles. The molecule has 4 nitrogen and oxygen atoms in total. The van der Waals surface area contributed by atoms with Crippen LogP contribution >= 0.6 is 0 Å². The lowest BCUT2D eigenvalue weighted by molar-refractivity contribution is 0.836. The highest BCUT2D eigenvalue weighted by Crippen LogP contribution is 2.09. The monoisotopic (exact) mass is 248 g/mol. The highest BCUT2D eigenvalue weighted by atomic mass is 15.3. The first-order chi connectivity index (χ1) is 9.36. The SMILES string of the molecule is N#Cc1cccn2nc(CCc3ccccc3)nc12. The Labute approximate surface area is 111 Å². The maximum Gasteiger partial charge on any atom is 0.173 e. The zero-order valence-corrected chi connectivity index (χ0v) is 10.3. The van der Waals surface area contributed by atoms with Crippen molar-refractivity contribution in [3.63, 3.8) is 0 Å². The summed E-state index contributed by atoms with van der Waals surface area (Å²) < 4.78 is 1.67. The Bertz CT molecular complexity index is 738. The number of fused-ring (bicyclic) bond motifs is 1. The largest absolute Gasteiger partial charge is 0.220 e. The smallest absolute Gasteiger partial charge is 0.173 e. The highest BCUT2D eigenvalue weighted by Gasteiger charge is 2.07. The molecule has 0 aliphatic carbocycles. The van der Waals surface area contributed by atoms with Crippen molar-refractivity contribution in [1.82, 2.24) is 14.6 Å². The Morgan fingerprint density at radius 3 is 2.68 bits per heavy atom. The van der Waals surface area contributed by atoms with Crippen LogP contribution in [-0.2, 0) is 12.8 Å². The maximum atomic E-state index is 9.02. The van der Waals surface area contributed by atoms with Crippen LogP contribution in [0.2, 0.25) is 0 Å². The van der Waals surface area contributed by atoms with E-state index in [1.165, 1.54) is 5.56 Å². The molecule has 0 aliphatic heterocycles. The van der Waals surface area contributed by atoms with Gasteiger partial charge in [-0.05, 0) is 24.1 Å². The Morgan fingerprint density at radius 1 is 1.05 bits per heavy atom. The predicted molar refractivity (Wildman–Crippen MR) is 71.6 cm³/mol. The van der Waals surface area contributed by atoms with Crippen molar-refractivity contribution in [3.05, 3.63) is 65.6 Å². The first-order valence-electron chi connectivity index (χ1n) is 6.15. The number of pyridine rings is 1. The number of nitriles is 1. The van der Waals surface area contributed by atoms with Crippen molar-refractivity contribution in [2.24, 2.45) is 0 Å². The van der Waals surface area contributed by atoms with E-state index in [1.54, 1.807) is 16.6 Å². The molecule has 0 aliphatic rings. The lowest BCUT2D eigenvalue weighted by Crippen LogP contribution is -1.94. The summed E-state index contributed by atoms with van der Waals surface area (Å²) in [5.41, 5.74) is 2.45. The molecule has 0 bridgehead atoms. The third-order valence-electron chi connectivity index (χ3n) is 3.01. The van der Waals surface area contributed by atoms with E-state index in [2.05, 4.69) is 28.3 Å². The van der Waals surface area contributed by atoms with E-state index < -0.39 is 0 Å². The van der Waals surface area contributed by atoms with E-state index in [1.807, 2.05) is 24.4 Å². The molecule has 0 spiro atoms. The normalized spacial score (nSPS) is 10.5. The Balaban J connectivity index is 1.85. The van der Waals surface area contributed by atoms with Crippen LogP contribution in [-0.4, -0.2) is 14.6 Å². The maximum absolute atomic E-state index is 9.02. The number of hydrogen-bond donors (Lipinski definition) is 0.